The highest BCUT2D eigenvalue weighted by molar-refractivity contribution is 7.85. The fourth-order valence-electron chi connectivity index (χ4n) is 4.35. The van der Waals surface area contributed by atoms with Crippen LogP contribution in [0.1, 0.15) is 46.5 Å². The number of amides is 2. The summed E-state index contributed by atoms with van der Waals surface area (Å²) in [5.41, 5.74) is 1.81. The van der Waals surface area contributed by atoms with Gasteiger partial charge in [0, 0.05) is 35.7 Å². The average molecular weight is 408 g/mol. The zero-order valence-corrected chi connectivity index (χ0v) is 18.0. The number of hydrogen-bond acceptors (Lipinski definition) is 4. The van der Waals surface area contributed by atoms with Crippen molar-refractivity contribution < 1.29 is 13.7 Å². The minimum Gasteiger partial charge on any atom is -0.372 e. The summed E-state index contributed by atoms with van der Waals surface area (Å²) in [6.45, 7) is 7.68. The molecule has 1 heterocycles. The van der Waals surface area contributed by atoms with E-state index < -0.39 is 10.8 Å². The van der Waals surface area contributed by atoms with Crippen molar-refractivity contribution in [3.05, 3.63) is 24.3 Å². The molecule has 6 nitrogen and oxygen atoms in total. The van der Waals surface area contributed by atoms with Crippen LogP contribution in [0.25, 0.3) is 0 Å². The Kier molecular flexibility index (Phi) is 7.35. The van der Waals surface area contributed by atoms with E-state index in [-0.39, 0.29) is 29.5 Å². The number of morpholine rings is 1. The molecule has 3 rings (SSSR count). The van der Waals surface area contributed by atoms with Crippen LogP contribution in [-0.2, 0) is 15.5 Å². The Morgan fingerprint density at radius 3 is 2.57 bits per heavy atom. The average Bonchev–Trinajstić information content (AvgIpc) is 2.67. The van der Waals surface area contributed by atoms with E-state index in [1.54, 1.807) is 0 Å². The van der Waals surface area contributed by atoms with Crippen LogP contribution in [0.4, 0.5) is 16.2 Å². The molecule has 156 valence electrons. The molecule has 2 N–H and O–H groups in total. The number of nitrogens with one attached hydrogen (secondary N) is 2. The third kappa shape index (κ3) is 5.26. The van der Waals surface area contributed by atoms with Gasteiger partial charge in [-0.15, -0.1) is 0 Å². The summed E-state index contributed by atoms with van der Waals surface area (Å²) < 4.78 is 18.2. The summed E-state index contributed by atoms with van der Waals surface area (Å²) in [5, 5.41) is 6.18. The van der Waals surface area contributed by atoms with E-state index in [0.29, 0.717) is 5.75 Å². The lowest BCUT2D eigenvalue weighted by molar-refractivity contribution is -0.00517. The molecule has 1 aromatic carbocycles. The van der Waals surface area contributed by atoms with E-state index in [9.17, 15) is 9.00 Å². The molecule has 0 bridgehead atoms. The molecule has 2 fully saturated rings. The lowest BCUT2D eigenvalue weighted by Crippen LogP contribution is -2.49. The number of benzene rings is 1. The van der Waals surface area contributed by atoms with Crippen molar-refractivity contribution >= 4 is 28.2 Å². The normalized spacial score (nSPS) is 29.2. The van der Waals surface area contributed by atoms with Gasteiger partial charge in [0.2, 0.25) is 0 Å². The van der Waals surface area contributed by atoms with Crippen LogP contribution >= 0.6 is 0 Å². The van der Waals surface area contributed by atoms with Crippen LogP contribution in [-0.4, -0.2) is 52.6 Å². The monoisotopic (exact) mass is 407 g/mol. The molecule has 7 heteroatoms. The highest BCUT2D eigenvalue weighted by Gasteiger charge is 2.30. The van der Waals surface area contributed by atoms with E-state index in [1.807, 2.05) is 31.2 Å². The first-order valence-electron chi connectivity index (χ1n) is 10.4. The molecule has 0 radical (unpaired) electrons. The third-order valence-corrected chi connectivity index (χ3v) is 7.36. The van der Waals surface area contributed by atoms with Crippen molar-refractivity contribution in [1.29, 1.82) is 0 Å². The molecular weight excluding hydrogens is 374 g/mol. The summed E-state index contributed by atoms with van der Waals surface area (Å²) in [5.74, 6) is 0.640. The first-order chi connectivity index (χ1) is 13.5. The summed E-state index contributed by atoms with van der Waals surface area (Å²) >= 11 is 0. The number of carbonyl (C=O) groups is 1. The van der Waals surface area contributed by atoms with Crippen molar-refractivity contribution in [2.24, 2.45) is 0 Å². The van der Waals surface area contributed by atoms with Gasteiger partial charge in [0.05, 0.1) is 28.8 Å². The first-order valence-corrected chi connectivity index (χ1v) is 11.8. The molecular formula is C21H33N3O3S. The van der Waals surface area contributed by atoms with Crippen LogP contribution in [0.2, 0.25) is 0 Å². The zero-order chi connectivity index (χ0) is 20.1. The molecule has 2 amide bonds. The van der Waals surface area contributed by atoms with Gasteiger partial charge in [-0.25, -0.2) is 4.79 Å². The maximum absolute atomic E-state index is 12.7. The van der Waals surface area contributed by atoms with E-state index in [2.05, 4.69) is 29.4 Å². The molecule has 1 aromatic rings. The quantitative estimate of drug-likeness (QED) is 0.784. The van der Waals surface area contributed by atoms with Gasteiger partial charge < -0.3 is 20.3 Å². The second kappa shape index (κ2) is 9.74. The molecule has 1 aliphatic heterocycles. The summed E-state index contributed by atoms with van der Waals surface area (Å²) in [6, 6.07) is 7.65. The van der Waals surface area contributed by atoms with Crippen LogP contribution in [0.5, 0.6) is 0 Å². The van der Waals surface area contributed by atoms with Gasteiger partial charge in [0.1, 0.15) is 0 Å². The number of nitrogens with zero attached hydrogens (tertiary/aromatic N) is 1. The van der Waals surface area contributed by atoms with Gasteiger partial charge in [-0.05, 0) is 38.8 Å². The second-order valence-electron chi connectivity index (χ2n) is 7.88. The lowest BCUT2D eigenvalue weighted by atomic mass is 9.95. The van der Waals surface area contributed by atoms with Crippen LogP contribution in [0, 0.1) is 0 Å². The van der Waals surface area contributed by atoms with Crippen molar-refractivity contribution in [3.8, 4) is 0 Å². The minimum absolute atomic E-state index is 0.0230. The number of carbonyl (C=O) groups excluding carboxylic acids is 1. The predicted molar refractivity (Wildman–Crippen MR) is 116 cm³/mol. The smallest absolute Gasteiger partial charge is 0.319 e. The van der Waals surface area contributed by atoms with Crippen molar-refractivity contribution in [2.45, 2.75) is 70.0 Å². The second-order valence-corrected chi connectivity index (χ2v) is 9.82. The van der Waals surface area contributed by atoms with Gasteiger partial charge >= 0.3 is 6.03 Å². The van der Waals surface area contributed by atoms with Gasteiger partial charge in [-0.2, -0.15) is 0 Å². The SMILES string of the molecule is CCS(=O)C1CCCCC1NC(=O)Nc1ccccc1N1CC(C)OC(C)C1. The number of rotatable bonds is 5. The fraction of sp³-hybridized carbons (Fsp3) is 0.667. The molecule has 1 saturated carbocycles. The Bertz CT molecular complexity index is 689. The Morgan fingerprint density at radius 1 is 1.18 bits per heavy atom. The molecule has 28 heavy (non-hydrogen) atoms. The largest absolute Gasteiger partial charge is 0.372 e. The van der Waals surface area contributed by atoms with Crippen LogP contribution < -0.4 is 15.5 Å². The molecule has 0 aromatic heterocycles. The number of para-hydroxylation sites is 2. The topological polar surface area (TPSA) is 70.7 Å². The Morgan fingerprint density at radius 2 is 1.86 bits per heavy atom. The molecule has 5 atom stereocenters. The minimum atomic E-state index is -0.887. The van der Waals surface area contributed by atoms with Gasteiger partial charge in [-0.3, -0.25) is 4.21 Å². The molecule has 0 spiro atoms. The Balaban J connectivity index is 1.68. The van der Waals surface area contributed by atoms with Crippen molar-refractivity contribution in [1.82, 2.24) is 5.32 Å². The highest BCUT2D eigenvalue weighted by Crippen LogP contribution is 2.29. The van der Waals surface area contributed by atoms with Crippen LogP contribution in [0.15, 0.2) is 24.3 Å². The van der Waals surface area contributed by atoms with Crippen molar-refractivity contribution in [2.75, 3.05) is 29.1 Å². The fourth-order valence-corrected chi connectivity index (χ4v) is 5.78. The van der Waals surface area contributed by atoms with Gasteiger partial charge in [-0.1, -0.05) is 31.9 Å². The number of urea groups is 1. The zero-order valence-electron chi connectivity index (χ0n) is 17.1. The Hall–Kier alpha value is -1.60. The van der Waals surface area contributed by atoms with E-state index >= 15 is 0 Å². The number of hydrogen-bond donors (Lipinski definition) is 2. The van der Waals surface area contributed by atoms with Gasteiger partial charge in [0.15, 0.2) is 0 Å². The molecule has 1 saturated heterocycles. The Labute approximate surface area is 170 Å². The van der Waals surface area contributed by atoms with Crippen LogP contribution in [0.3, 0.4) is 0 Å². The maximum atomic E-state index is 12.7. The maximum Gasteiger partial charge on any atom is 0.319 e. The summed E-state index contributed by atoms with van der Waals surface area (Å²) in [4.78, 5) is 15.0. The summed E-state index contributed by atoms with van der Waals surface area (Å²) in [6.07, 6.45) is 4.28. The van der Waals surface area contributed by atoms with E-state index in [4.69, 9.17) is 4.74 Å². The van der Waals surface area contributed by atoms with Crippen molar-refractivity contribution in [3.63, 3.8) is 0 Å². The molecule has 1 aliphatic carbocycles. The first kappa shape index (κ1) is 21.1. The highest BCUT2D eigenvalue weighted by atomic mass is 32.2. The van der Waals surface area contributed by atoms with E-state index in [0.717, 1.165) is 50.1 Å². The van der Waals surface area contributed by atoms with E-state index in [1.165, 1.54) is 0 Å². The molecule has 2 aliphatic rings. The standard InChI is InChI=1S/C21H33N3O3S/c1-4-28(26)20-12-8-6-10-18(20)23-21(25)22-17-9-5-7-11-19(17)24-13-15(2)27-16(3)14-24/h5,7,9,11,15-16,18,20H,4,6,8,10,12-14H2,1-3H3,(H2,22,23,25). The number of ether oxygens (including phenoxy) is 1. The third-order valence-electron chi connectivity index (χ3n) is 5.55. The predicted octanol–water partition coefficient (Wildman–Crippen LogP) is 3.50. The molecule has 5 unspecified atom stereocenters. The number of anilines is 2. The van der Waals surface area contributed by atoms with Gasteiger partial charge in [0.25, 0.3) is 0 Å². The lowest BCUT2D eigenvalue weighted by Gasteiger charge is -2.37. The summed E-state index contributed by atoms with van der Waals surface area (Å²) in [7, 11) is -0.887.